The lowest BCUT2D eigenvalue weighted by atomic mass is 9.54. The lowest BCUT2D eigenvalue weighted by Crippen LogP contribution is -2.58. The maximum Gasteiger partial charge on any atom is 0.327 e. The van der Waals surface area contributed by atoms with E-state index < -0.39 is 40.6 Å². The van der Waals surface area contributed by atoms with Gasteiger partial charge in [0, 0.05) is 5.92 Å². The Balaban J connectivity index is 3.60. The maximum absolute atomic E-state index is 13.3. The molecule has 0 aromatic rings. The lowest BCUT2D eigenvalue weighted by molar-refractivity contribution is -0.187. The molecule has 0 amide bonds. The van der Waals surface area contributed by atoms with Crippen molar-refractivity contribution in [1.82, 2.24) is 0 Å². The fourth-order valence-electron chi connectivity index (χ4n) is 4.84. The van der Waals surface area contributed by atoms with E-state index in [9.17, 15) is 19.2 Å². The molecule has 1 aliphatic rings. The van der Waals surface area contributed by atoms with Gasteiger partial charge < -0.3 is 18.9 Å². The highest BCUT2D eigenvalue weighted by molar-refractivity contribution is 6.07. The summed E-state index contributed by atoms with van der Waals surface area (Å²) in [7, 11) is 0. The smallest absolute Gasteiger partial charge is 0.327 e. The van der Waals surface area contributed by atoms with Gasteiger partial charge in [0.15, 0.2) is 10.8 Å². The molecule has 8 nitrogen and oxygen atoms in total. The van der Waals surface area contributed by atoms with Crippen LogP contribution in [0.1, 0.15) is 86.0 Å². The highest BCUT2D eigenvalue weighted by atomic mass is 16.6. The second kappa shape index (κ2) is 14.1. The van der Waals surface area contributed by atoms with Crippen LogP contribution in [0.3, 0.4) is 0 Å². The van der Waals surface area contributed by atoms with Crippen molar-refractivity contribution in [2.45, 2.75) is 86.0 Å². The first-order chi connectivity index (χ1) is 16.2. The molecule has 1 rings (SSSR count). The van der Waals surface area contributed by atoms with Gasteiger partial charge in [0.2, 0.25) is 0 Å². The molecule has 1 atom stereocenters. The van der Waals surface area contributed by atoms with E-state index in [-0.39, 0.29) is 44.8 Å². The minimum atomic E-state index is -1.79. The highest BCUT2D eigenvalue weighted by Crippen LogP contribution is 2.56. The normalized spacial score (nSPS) is 18.6. The molecule has 0 heterocycles. The molecule has 1 unspecified atom stereocenters. The zero-order valence-corrected chi connectivity index (χ0v) is 21.5. The van der Waals surface area contributed by atoms with Crippen LogP contribution in [0.15, 0.2) is 12.2 Å². The Morgan fingerprint density at radius 3 is 1.59 bits per heavy atom. The first-order valence-electron chi connectivity index (χ1n) is 12.6. The Kier molecular flexibility index (Phi) is 12.3. The van der Waals surface area contributed by atoms with Gasteiger partial charge in [-0.2, -0.15) is 0 Å². The molecule has 1 aliphatic carbocycles. The summed E-state index contributed by atoms with van der Waals surface area (Å²) in [4.78, 5) is 53.1. The van der Waals surface area contributed by atoms with E-state index in [0.717, 1.165) is 25.7 Å². The van der Waals surface area contributed by atoms with E-state index in [1.807, 2.05) is 0 Å². The molecule has 8 heteroatoms. The van der Waals surface area contributed by atoms with Gasteiger partial charge in [-0.25, -0.2) is 0 Å². The van der Waals surface area contributed by atoms with Gasteiger partial charge in [-0.05, 0) is 52.5 Å². The maximum atomic E-state index is 13.3. The second-order valence-electron chi connectivity index (χ2n) is 8.54. The van der Waals surface area contributed by atoms with Gasteiger partial charge in [-0.15, -0.1) is 0 Å². The van der Waals surface area contributed by atoms with E-state index in [0.29, 0.717) is 12.8 Å². The summed E-state index contributed by atoms with van der Waals surface area (Å²) in [6, 6.07) is 0. The van der Waals surface area contributed by atoms with Crippen LogP contribution in [0.25, 0.3) is 0 Å². The second-order valence-corrected chi connectivity index (χ2v) is 8.54. The van der Waals surface area contributed by atoms with E-state index in [1.54, 1.807) is 27.7 Å². The largest absolute Gasteiger partial charge is 0.465 e. The highest BCUT2D eigenvalue weighted by Gasteiger charge is 2.66. The van der Waals surface area contributed by atoms with Crippen molar-refractivity contribution in [3.05, 3.63) is 12.2 Å². The average molecular weight is 483 g/mol. The zero-order valence-electron chi connectivity index (χ0n) is 21.5. The number of rotatable bonds is 14. The quantitative estimate of drug-likeness (QED) is 0.117. The Morgan fingerprint density at radius 2 is 1.15 bits per heavy atom. The number of unbranched alkanes of at least 4 members (excludes halogenated alkanes) is 4. The summed E-state index contributed by atoms with van der Waals surface area (Å²) in [5.41, 5.74) is -3.31. The van der Waals surface area contributed by atoms with Gasteiger partial charge in [0.1, 0.15) is 0 Å². The van der Waals surface area contributed by atoms with Crippen LogP contribution < -0.4 is 0 Å². The summed E-state index contributed by atoms with van der Waals surface area (Å²) < 4.78 is 21.3. The zero-order chi connectivity index (χ0) is 25.8. The Morgan fingerprint density at radius 1 is 0.706 bits per heavy atom. The Hall–Kier alpha value is -2.38. The first kappa shape index (κ1) is 29.7. The summed E-state index contributed by atoms with van der Waals surface area (Å²) in [5, 5.41) is 0. The van der Waals surface area contributed by atoms with Crippen molar-refractivity contribution in [3.63, 3.8) is 0 Å². The topological polar surface area (TPSA) is 105 Å². The monoisotopic (exact) mass is 482 g/mol. The van der Waals surface area contributed by atoms with Crippen LogP contribution in [-0.2, 0) is 38.1 Å². The van der Waals surface area contributed by atoms with Gasteiger partial charge in [-0.1, -0.05) is 45.6 Å². The van der Waals surface area contributed by atoms with E-state index >= 15 is 0 Å². The Bertz CT molecular complexity index is 690. The molecular formula is C26H42O8. The van der Waals surface area contributed by atoms with Crippen LogP contribution in [0.2, 0.25) is 0 Å². The number of carbonyl (C=O) groups is 4. The minimum absolute atomic E-state index is 0.0653. The van der Waals surface area contributed by atoms with Crippen LogP contribution in [0.5, 0.6) is 0 Å². The predicted molar refractivity (Wildman–Crippen MR) is 127 cm³/mol. The van der Waals surface area contributed by atoms with Crippen molar-refractivity contribution in [2.24, 2.45) is 16.7 Å². The molecule has 0 aromatic heterocycles. The molecule has 194 valence electrons. The summed E-state index contributed by atoms with van der Waals surface area (Å²) in [6.45, 7) is 13.2. The summed E-state index contributed by atoms with van der Waals surface area (Å²) >= 11 is 0. The summed E-state index contributed by atoms with van der Waals surface area (Å²) in [6.07, 6.45) is 4.82. The molecule has 0 radical (unpaired) electrons. The van der Waals surface area contributed by atoms with Crippen molar-refractivity contribution in [1.29, 1.82) is 0 Å². The van der Waals surface area contributed by atoms with Gasteiger partial charge in [0.25, 0.3) is 0 Å². The van der Waals surface area contributed by atoms with Crippen LogP contribution in [0.4, 0.5) is 0 Å². The van der Waals surface area contributed by atoms with Gasteiger partial charge in [0.05, 0.1) is 26.4 Å². The SMILES string of the molecule is C=C1C(CCCCCCC)C(C(=O)OCC)(C(=O)OCC)CCC1(C(=O)OCC)C(=O)OCC. The van der Waals surface area contributed by atoms with Gasteiger partial charge in [-0.3, -0.25) is 19.2 Å². The van der Waals surface area contributed by atoms with E-state index in [4.69, 9.17) is 18.9 Å². The molecule has 34 heavy (non-hydrogen) atoms. The van der Waals surface area contributed by atoms with Gasteiger partial charge >= 0.3 is 23.9 Å². The number of hydrogen-bond acceptors (Lipinski definition) is 8. The molecule has 0 bridgehead atoms. The minimum Gasteiger partial charge on any atom is -0.465 e. The van der Waals surface area contributed by atoms with E-state index in [2.05, 4.69) is 13.5 Å². The third-order valence-electron chi connectivity index (χ3n) is 6.58. The molecule has 0 aromatic carbocycles. The van der Waals surface area contributed by atoms with Crippen molar-refractivity contribution in [3.8, 4) is 0 Å². The molecule has 0 spiro atoms. The molecule has 0 N–H and O–H groups in total. The van der Waals surface area contributed by atoms with E-state index in [1.165, 1.54) is 0 Å². The van der Waals surface area contributed by atoms with Crippen LogP contribution in [-0.4, -0.2) is 50.3 Å². The molecule has 0 aliphatic heterocycles. The molecule has 0 saturated heterocycles. The number of ether oxygens (including phenoxy) is 4. The molecular weight excluding hydrogens is 440 g/mol. The molecule has 1 saturated carbocycles. The van der Waals surface area contributed by atoms with Crippen molar-refractivity contribution >= 4 is 23.9 Å². The van der Waals surface area contributed by atoms with Crippen molar-refractivity contribution in [2.75, 3.05) is 26.4 Å². The fourth-order valence-corrected chi connectivity index (χ4v) is 4.84. The average Bonchev–Trinajstić information content (AvgIpc) is 2.80. The third-order valence-corrected chi connectivity index (χ3v) is 6.58. The number of carbonyl (C=O) groups excluding carboxylic acids is 4. The first-order valence-corrected chi connectivity index (χ1v) is 12.6. The fraction of sp³-hybridized carbons (Fsp3) is 0.769. The number of hydrogen-bond donors (Lipinski definition) is 0. The predicted octanol–water partition coefficient (Wildman–Crippen LogP) is 4.54. The summed E-state index contributed by atoms with van der Waals surface area (Å²) in [5.74, 6) is -3.80. The molecule has 1 fully saturated rings. The third kappa shape index (κ3) is 5.99. The van der Waals surface area contributed by atoms with Crippen molar-refractivity contribution < 1.29 is 38.1 Å². The standard InChI is InChI=1S/C26H42O8/c1-7-12-13-14-15-16-20-19(6)25(21(27)31-8-2,22(28)32-9-3)17-18-26(20,23(29)33-10-4)24(30)34-11-5/h20H,6-18H2,1-5H3. The Labute approximate surface area is 203 Å². The lowest BCUT2D eigenvalue weighted by Gasteiger charge is -2.47. The number of esters is 4. The van der Waals surface area contributed by atoms with Crippen LogP contribution in [0, 0.1) is 16.7 Å². The van der Waals surface area contributed by atoms with Crippen LogP contribution >= 0.6 is 0 Å².